The number of hydrogen-bond donors (Lipinski definition) is 1. The molecular weight excluding hydrogens is 452 g/mol. The molecule has 1 fully saturated rings. The highest BCUT2D eigenvalue weighted by molar-refractivity contribution is 9.10. The predicted molar refractivity (Wildman–Crippen MR) is 120 cm³/mol. The van der Waals surface area contributed by atoms with Gasteiger partial charge in [0.25, 0.3) is 0 Å². The third kappa shape index (κ3) is 6.31. The van der Waals surface area contributed by atoms with Gasteiger partial charge in [0, 0.05) is 22.1 Å². The summed E-state index contributed by atoms with van der Waals surface area (Å²) in [5.41, 5.74) is 1.85. The quantitative estimate of drug-likeness (QED) is 0.601. The van der Waals surface area contributed by atoms with Gasteiger partial charge in [-0.25, -0.2) is 0 Å². The minimum absolute atomic E-state index is 0.0821. The Morgan fingerprint density at radius 3 is 2.48 bits per heavy atom. The van der Waals surface area contributed by atoms with E-state index in [4.69, 9.17) is 11.6 Å². The average Bonchev–Trinajstić information content (AvgIpc) is 3.20. The van der Waals surface area contributed by atoms with Crippen LogP contribution >= 0.6 is 27.5 Å². The fourth-order valence-corrected chi connectivity index (χ4v) is 4.26. The number of carbonyl (C=O) groups is 2. The van der Waals surface area contributed by atoms with Crippen LogP contribution in [0.15, 0.2) is 53.0 Å². The highest BCUT2D eigenvalue weighted by Crippen LogP contribution is 2.20. The molecule has 0 spiro atoms. The molecule has 0 aliphatic heterocycles. The molecule has 4 nitrogen and oxygen atoms in total. The van der Waals surface area contributed by atoms with Crippen molar-refractivity contribution in [2.75, 3.05) is 0 Å². The number of nitrogens with zero attached hydrogens (tertiary/aromatic N) is 1. The molecular formula is C23H26BrClN2O2. The van der Waals surface area contributed by atoms with Crippen LogP contribution in [0.1, 0.15) is 43.7 Å². The lowest BCUT2D eigenvalue weighted by Gasteiger charge is -2.30. The number of carbonyl (C=O) groups excluding carboxylic acids is 2. The Morgan fingerprint density at radius 1 is 1.14 bits per heavy atom. The van der Waals surface area contributed by atoms with E-state index >= 15 is 0 Å². The van der Waals surface area contributed by atoms with Crippen molar-refractivity contribution >= 4 is 39.3 Å². The maximum atomic E-state index is 13.2. The molecule has 0 bridgehead atoms. The van der Waals surface area contributed by atoms with Crippen molar-refractivity contribution in [1.29, 1.82) is 0 Å². The smallest absolute Gasteiger partial charge is 0.242 e. The Kier molecular flexibility index (Phi) is 7.73. The first-order valence-corrected chi connectivity index (χ1v) is 11.2. The zero-order chi connectivity index (χ0) is 20.8. The van der Waals surface area contributed by atoms with Gasteiger partial charge in [0.2, 0.25) is 11.8 Å². The largest absolute Gasteiger partial charge is 0.352 e. The molecule has 0 heterocycles. The Labute approximate surface area is 185 Å². The van der Waals surface area contributed by atoms with E-state index in [2.05, 4.69) is 21.2 Å². The van der Waals surface area contributed by atoms with E-state index in [0.717, 1.165) is 41.3 Å². The lowest BCUT2D eigenvalue weighted by atomic mass is 10.1. The number of halogens is 2. The normalized spacial score (nSPS) is 15.1. The van der Waals surface area contributed by atoms with Gasteiger partial charge in [-0.05, 0) is 55.2 Å². The van der Waals surface area contributed by atoms with Gasteiger partial charge in [-0.2, -0.15) is 0 Å². The van der Waals surface area contributed by atoms with Crippen LogP contribution in [-0.2, 0) is 22.6 Å². The van der Waals surface area contributed by atoms with Crippen molar-refractivity contribution in [3.05, 3.63) is 69.2 Å². The van der Waals surface area contributed by atoms with Crippen LogP contribution in [0.5, 0.6) is 0 Å². The SMILES string of the molecule is C[C@@H](C(=O)NC1CCCC1)N(Cc1cccc(Br)c1)C(=O)Cc1ccc(Cl)cc1. The minimum Gasteiger partial charge on any atom is -0.352 e. The molecule has 0 aromatic heterocycles. The number of rotatable bonds is 7. The maximum absolute atomic E-state index is 13.2. The summed E-state index contributed by atoms with van der Waals surface area (Å²) < 4.78 is 0.947. The van der Waals surface area contributed by atoms with Crippen LogP contribution < -0.4 is 5.32 Å². The first-order chi connectivity index (χ1) is 13.9. The molecule has 6 heteroatoms. The van der Waals surface area contributed by atoms with Crippen LogP contribution in [0.2, 0.25) is 5.02 Å². The van der Waals surface area contributed by atoms with Crippen molar-refractivity contribution in [2.24, 2.45) is 0 Å². The van der Waals surface area contributed by atoms with E-state index in [0.29, 0.717) is 11.6 Å². The molecule has 1 aliphatic carbocycles. The molecule has 2 aromatic carbocycles. The van der Waals surface area contributed by atoms with Crippen molar-refractivity contribution in [1.82, 2.24) is 10.2 Å². The Bertz CT molecular complexity index is 850. The second kappa shape index (κ2) is 10.3. The van der Waals surface area contributed by atoms with Crippen molar-refractivity contribution in [3.63, 3.8) is 0 Å². The fraction of sp³-hybridized carbons (Fsp3) is 0.391. The first-order valence-electron chi connectivity index (χ1n) is 10.0. The minimum atomic E-state index is -0.547. The summed E-state index contributed by atoms with van der Waals surface area (Å²) in [6.45, 7) is 2.19. The number of amides is 2. The molecule has 3 rings (SSSR count). The summed E-state index contributed by atoms with van der Waals surface area (Å²) in [6.07, 6.45) is 4.56. The van der Waals surface area contributed by atoms with Crippen LogP contribution in [0.3, 0.4) is 0 Å². The van der Waals surface area contributed by atoms with Gasteiger partial charge >= 0.3 is 0 Å². The summed E-state index contributed by atoms with van der Waals surface area (Å²) in [5.74, 6) is -0.169. The molecule has 1 aliphatic rings. The van der Waals surface area contributed by atoms with Crippen molar-refractivity contribution in [2.45, 2.75) is 57.7 Å². The molecule has 2 amide bonds. The summed E-state index contributed by atoms with van der Waals surface area (Å²) in [6, 6.07) is 14.8. The van der Waals surface area contributed by atoms with E-state index in [1.807, 2.05) is 43.3 Å². The first kappa shape index (κ1) is 21.8. The molecule has 29 heavy (non-hydrogen) atoms. The standard InChI is InChI=1S/C23H26BrClN2O2/c1-16(23(29)26-21-7-2-3-8-21)27(15-18-5-4-6-19(24)13-18)22(28)14-17-9-11-20(25)12-10-17/h4-6,9-13,16,21H,2-3,7-8,14-15H2,1H3,(H,26,29)/t16-/m0/s1. The monoisotopic (exact) mass is 476 g/mol. The molecule has 0 saturated heterocycles. The van der Waals surface area contributed by atoms with Crippen molar-refractivity contribution in [3.8, 4) is 0 Å². The number of hydrogen-bond acceptors (Lipinski definition) is 2. The fourth-order valence-electron chi connectivity index (χ4n) is 3.69. The second-order valence-corrected chi connectivity index (χ2v) is 8.97. The van der Waals surface area contributed by atoms with Crippen molar-refractivity contribution < 1.29 is 9.59 Å². The molecule has 0 unspecified atom stereocenters. The molecule has 1 N–H and O–H groups in total. The van der Waals surface area contributed by atoms with Gasteiger partial charge in [0.05, 0.1) is 6.42 Å². The van der Waals surface area contributed by atoms with Crippen LogP contribution in [0.25, 0.3) is 0 Å². The summed E-state index contributed by atoms with van der Waals surface area (Å²) >= 11 is 9.43. The van der Waals surface area contributed by atoms with E-state index < -0.39 is 6.04 Å². The second-order valence-electron chi connectivity index (χ2n) is 7.62. The Morgan fingerprint density at radius 2 is 1.83 bits per heavy atom. The maximum Gasteiger partial charge on any atom is 0.242 e. The van der Waals surface area contributed by atoms with Crippen LogP contribution in [0.4, 0.5) is 0 Å². The van der Waals surface area contributed by atoms with Gasteiger partial charge < -0.3 is 10.2 Å². The topological polar surface area (TPSA) is 49.4 Å². The van der Waals surface area contributed by atoms with E-state index in [1.165, 1.54) is 0 Å². The predicted octanol–water partition coefficient (Wildman–Crippen LogP) is 5.12. The lowest BCUT2D eigenvalue weighted by molar-refractivity contribution is -0.140. The molecule has 154 valence electrons. The zero-order valence-electron chi connectivity index (χ0n) is 16.5. The van der Waals surface area contributed by atoms with E-state index in [9.17, 15) is 9.59 Å². The summed E-state index contributed by atoms with van der Waals surface area (Å²) in [7, 11) is 0. The highest BCUT2D eigenvalue weighted by atomic mass is 79.9. The third-order valence-electron chi connectivity index (χ3n) is 5.38. The van der Waals surface area contributed by atoms with Gasteiger partial charge in [0.15, 0.2) is 0 Å². The van der Waals surface area contributed by atoms with E-state index in [1.54, 1.807) is 17.0 Å². The number of benzene rings is 2. The highest BCUT2D eigenvalue weighted by Gasteiger charge is 2.28. The van der Waals surface area contributed by atoms with Crippen LogP contribution in [0, 0.1) is 0 Å². The van der Waals surface area contributed by atoms with Gasteiger partial charge in [-0.15, -0.1) is 0 Å². The van der Waals surface area contributed by atoms with Crippen LogP contribution in [-0.4, -0.2) is 28.8 Å². The summed E-state index contributed by atoms with van der Waals surface area (Å²) in [5, 5.41) is 3.76. The third-order valence-corrected chi connectivity index (χ3v) is 6.12. The van der Waals surface area contributed by atoms with Gasteiger partial charge in [-0.1, -0.05) is 64.6 Å². The van der Waals surface area contributed by atoms with Gasteiger partial charge in [-0.3, -0.25) is 9.59 Å². The zero-order valence-corrected chi connectivity index (χ0v) is 18.9. The number of nitrogens with one attached hydrogen (secondary N) is 1. The Hall–Kier alpha value is -1.85. The molecule has 1 atom stereocenters. The average molecular weight is 478 g/mol. The molecule has 2 aromatic rings. The lowest BCUT2D eigenvalue weighted by Crippen LogP contribution is -2.50. The van der Waals surface area contributed by atoms with Gasteiger partial charge in [0.1, 0.15) is 6.04 Å². The molecule has 1 saturated carbocycles. The Balaban J connectivity index is 1.76. The van der Waals surface area contributed by atoms with E-state index in [-0.39, 0.29) is 24.3 Å². The summed E-state index contributed by atoms with van der Waals surface area (Å²) in [4.78, 5) is 27.7. The molecule has 0 radical (unpaired) electrons.